The Morgan fingerprint density at radius 2 is 2.06 bits per heavy atom. The minimum atomic E-state index is -0.694. The molecular formula is C10H18N2O3S. The fraction of sp³-hybridized carbons (Fsp3) is 0.800. The van der Waals surface area contributed by atoms with Crippen molar-refractivity contribution in [1.29, 1.82) is 0 Å². The molecule has 92 valence electrons. The molecule has 0 amide bonds. The molecule has 16 heavy (non-hydrogen) atoms. The minimum absolute atomic E-state index is 0.0289. The molecule has 0 unspecified atom stereocenters. The van der Waals surface area contributed by atoms with Crippen LogP contribution in [-0.2, 0) is 0 Å². The summed E-state index contributed by atoms with van der Waals surface area (Å²) < 4.78 is 5.13. The molecule has 0 radical (unpaired) electrons. The first-order chi connectivity index (χ1) is 7.54. The van der Waals surface area contributed by atoms with E-state index in [-0.39, 0.29) is 17.8 Å². The van der Waals surface area contributed by atoms with Crippen LogP contribution in [0.15, 0.2) is 4.52 Å². The number of hydrogen-bond donors (Lipinski definition) is 2. The van der Waals surface area contributed by atoms with Gasteiger partial charge in [0.25, 0.3) is 0 Å². The van der Waals surface area contributed by atoms with Crippen molar-refractivity contribution in [2.75, 3.05) is 12.4 Å². The second kappa shape index (κ2) is 6.22. The number of aliphatic hydroxyl groups excluding tert-OH is 2. The Labute approximate surface area is 99.2 Å². The van der Waals surface area contributed by atoms with E-state index in [9.17, 15) is 5.11 Å². The summed E-state index contributed by atoms with van der Waals surface area (Å²) in [6.07, 6.45) is -0.694. The molecule has 0 saturated heterocycles. The topological polar surface area (TPSA) is 79.4 Å². The Morgan fingerprint density at radius 1 is 1.38 bits per heavy atom. The predicted molar refractivity (Wildman–Crippen MR) is 62.4 cm³/mol. The van der Waals surface area contributed by atoms with Crippen LogP contribution in [0, 0.1) is 0 Å². The fourth-order valence-corrected chi connectivity index (χ4v) is 1.88. The summed E-state index contributed by atoms with van der Waals surface area (Å²) in [7, 11) is 0. The molecule has 1 aromatic rings. The highest BCUT2D eigenvalue weighted by Gasteiger charge is 2.17. The van der Waals surface area contributed by atoms with E-state index in [0.717, 1.165) is 0 Å². The third-order valence-electron chi connectivity index (χ3n) is 2.07. The number of aliphatic hydroxyl groups is 2. The van der Waals surface area contributed by atoms with E-state index in [1.165, 1.54) is 11.8 Å². The van der Waals surface area contributed by atoms with E-state index < -0.39 is 6.10 Å². The zero-order valence-corrected chi connectivity index (χ0v) is 10.6. The van der Waals surface area contributed by atoms with Crippen LogP contribution in [0.25, 0.3) is 0 Å². The van der Waals surface area contributed by atoms with Gasteiger partial charge in [0, 0.05) is 11.7 Å². The van der Waals surface area contributed by atoms with Gasteiger partial charge in [0.15, 0.2) is 5.82 Å². The predicted octanol–water partition coefficient (Wildman–Crippen LogP) is 1.34. The van der Waals surface area contributed by atoms with Crippen molar-refractivity contribution in [3.8, 4) is 0 Å². The molecule has 0 aromatic carbocycles. The Kier molecular flexibility index (Phi) is 5.24. The first-order valence-electron chi connectivity index (χ1n) is 5.28. The van der Waals surface area contributed by atoms with Crippen LogP contribution >= 0.6 is 11.8 Å². The molecule has 1 rings (SSSR count). The highest BCUT2D eigenvalue weighted by Crippen LogP contribution is 2.28. The third kappa shape index (κ3) is 3.77. The van der Waals surface area contributed by atoms with Gasteiger partial charge in [0.05, 0.1) is 18.0 Å². The smallest absolute Gasteiger partial charge is 0.239 e. The summed E-state index contributed by atoms with van der Waals surface area (Å²) in [6.45, 7) is 5.72. The minimum Gasteiger partial charge on any atom is -0.394 e. The normalized spacial score (nSPS) is 15.4. The average molecular weight is 246 g/mol. The molecule has 1 aromatic heterocycles. The summed E-state index contributed by atoms with van der Waals surface area (Å²) in [5, 5.41) is 21.8. The summed E-state index contributed by atoms with van der Waals surface area (Å²) in [5.41, 5.74) is 0. The maximum atomic E-state index is 9.21. The Balaban J connectivity index is 2.49. The van der Waals surface area contributed by atoms with Crippen LogP contribution in [0.2, 0.25) is 0 Å². The number of aromatic nitrogens is 2. The van der Waals surface area contributed by atoms with Gasteiger partial charge in [0.1, 0.15) is 0 Å². The first kappa shape index (κ1) is 13.5. The zero-order valence-electron chi connectivity index (χ0n) is 9.75. The van der Waals surface area contributed by atoms with Crippen LogP contribution in [0.5, 0.6) is 0 Å². The van der Waals surface area contributed by atoms with Gasteiger partial charge in [-0.1, -0.05) is 19.0 Å². The maximum Gasteiger partial charge on any atom is 0.239 e. The van der Waals surface area contributed by atoms with Gasteiger partial charge in [0.2, 0.25) is 5.89 Å². The van der Waals surface area contributed by atoms with Gasteiger partial charge in [-0.25, -0.2) is 0 Å². The molecule has 2 N–H and O–H groups in total. The van der Waals surface area contributed by atoms with E-state index >= 15 is 0 Å². The zero-order chi connectivity index (χ0) is 12.1. The van der Waals surface area contributed by atoms with Gasteiger partial charge in [-0.3, -0.25) is 0 Å². The largest absolute Gasteiger partial charge is 0.394 e. The lowest BCUT2D eigenvalue weighted by Crippen LogP contribution is -2.15. The third-order valence-corrected chi connectivity index (χ3v) is 3.35. The second-order valence-electron chi connectivity index (χ2n) is 3.96. The van der Waals surface area contributed by atoms with E-state index in [2.05, 4.69) is 10.1 Å². The average Bonchev–Trinajstić information content (AvgIpc) is 2.74. The SMILES string of the molecule is CC(C)c1noc([C@@H](C)SC[C@H](O)CO)n1. The van der Waals surface area contributed by atoms with Gasteiger partial charge < -0.3 is 14.7 Å². The Bertz CT molecular complexity index is 317. The first-order valence-corrected chi connectivity index (χ1v) is 6.33. The Morgan fingerprint density at radius 3 is 2.56 bits per heavy atom. The number of rotatable bonds is 6. The lowest BCUT2D eigenvalue weighted by molar-refractivity contribution is 0.113. The summed E-state index contributed by atoms with van der Waals surface area (Å²) in [5.74, 6) is 1.97. The molecule has 6 heteroatoms. The highest BCUT2D eigenvalue weighted by atomic mass is 32.2. The summed E-state index contributed by atoms with van der Waals surface area (Å²) >= 11 is 1.48. The maximum absolute atomic E-state index is 9.21. The van der Waals surface area contributed by atoms with Crippen LogP contribution in [0.3, 0.4) is 0 Å². The fourth-order valence-electron chi connectivity index (χ4n) is 1.03. The van der Waals surface area contributed by atoms with E-state index in [1.54, 1.807) is 0 Å². The number of hydrogen-bond acceptors (Lipinski definition) is 6. The lowest BCUT2D eigenvalue weighted by Gasteiger charge is -2.09. The highest BCUT2D eigenvalue weighted by molar-refractivity contribution is 7.99. The molecule has 0 fully saturated rings. The molecule has 0 aliphatic rings. The van der Waals surface area contributed by atoms with Gasteiger partial charge in [-0.05, 0) is 6.92 Å². The number of thioether (sulfide) groups is 1. The molecule has 0 bridgehead atoms. The molecule has 0 aliphatic heterocycles. The molecule has 0 spiro atoms. The van der Waals surface area contributed by atoms with E-state index in [0.29, 0.717) is 17.5 Å². The van der Waals surface area contributed by atoms with Gasteiger partial charge in [-0.15, -0.1) is 11.8 Å². The van der Waals surface area contributed by atoms with Crippen LogP contribution in [-0.4, -0.2) is 38.8 Å². The summed E-state index contributed by atoms with van der Waals surface area (Å²) in [6, 6.07) is 0. The number of nitrogens with zero attached hydrogens (tertiary/aromatic N) is 2. The van der Waals surface area contributed by atoms with Gasteiger partial charge >= 0.3 is 0 Å². The van der Waals surface area contributed by atoms with Crippen molar-refractivity contribution >= 4 is 11.8 Å². The van der Waals surface area contributed by atoms with Crippen LogP contribution < -0.4 is 0 Å². The lowest BCUT2D eigenvalue weighted by atomic mass is 10.2. The molecule has 2 atom stereocenters. The quantitative estimate of drug-likeness (QED) is 0.788. The van der Waals surface area contributed by atoms with Crippen molar-refractivity contribution in [1.82, 2.24) is 10.1 Å². The molecule has 0 aliphatic carbocycles. The standard InChI is InChI=1S/C10H18N2O3S/c1-6(2)9-11-10(15-12-9)7(3)16-5-8(14)4-13/h6-8,13-14H,4-5H2,1-3H3/t7-,8-/m1/s1. The molecule has 0 saturated carbocycles. The molecule has 5 nitrogen and oxygen atoms in total. The van der Waals surface area contributed by atoms with Crippen molar-refractivity contribution in [3.05, 3.63) is 11.7 Å². The van der Waals surface area contributed by atoms with Crippen molar-refractivity contribution < 1.29 is 14.7 Å². The van der Waals surface area contributed by atoms with Gasteiger partial charge in [-0.2, -0.15) is 4.98 Å². The summed E-state index contributed by atoms with van der Waals surface area (Å²) in [4.78, 5) is 4.27. The van der Waals surface area contributed by atoms with Crippen molar-refractivity contribution in [2.24, 2.45) is 0 Å². The second-order valence-corrected chi connectivity index (χ2v) is 5.33. The van der Waals surface area contributed by atoms with Crippen LogP contribution in [0.1, 0.15) is 43.7 Å². The van der Waals surface area contributed by atoms with Crippen LogP contribution in [0.4, 0.5) is 0 Å². The van der Waals surface area contributed by atoms with E-state index in [4.69, 9.17) is 9.63 Å². The van der Waals surface area contributed by atoms with Crippen molar-refractivity contribution in [2.45, 2.75) is 38.0 Å². The molecular weight excluding hydrogens is 228 g/mol. The van der Waals surface area contributed by atoms with E-state index in [1.807, 2.05) is 20.8 Å². The van der Waals surface area contributed by atoms with Crippen molar-refractivity contribution in [3.63, 3.8) is 0 Å². The monoisotopic (exact) mass is 246 g/mol. The molecule has 1 heterocycles. The Hall–Kier alpha value is -0.590.